The maximum Gasteiger partial charge on any atom is 0.280 e. The van der Waals surface area contributed by atoms with Crippen molar-refractivity contribution >= 4 is 30.6 Å². The SMILES string of the molecule is CNC1C(O)C(NC)C2OC3(O)C(=O)CC(C)OC3OC2C1O.Cl.Cl.O.O.O.O.O. The first-order chi connectivity index (χ1) is 10.8. The van der Waals surface area contributed by atoms with Gasteiger partial charge in [0.15, 0.2) is 5.78 Å². The van der Waals surface area contributed by atoms with E-state index in [0.717, 1.165) is 0 Å². The lowest BCUT2D eigenvalue weighted by Gasteiger charge is -2.55. The van der Waals surface area contributed by atoms with Gasteiger partial charge in [-0.1, -0.05) is 0 Å². The zero-order valence-corrected chi connectivity index (χ0v) is 18.3. The molecule has 2 heterocycles. The number of aliphatic hydroxyl groups is 3. The average Bonchev–Trinajstić information content (AvgIpc) is 2.49. The lowest BCUT2D eigenvalue weighted by Crippen LogP contribution is -2.77. The van der Waals surface area contributed by atoms with Gasteiger partial charge in [0, 0.05) is 6.42 Å². The first-order valence-electron chi connectivity index (χ1n) is 7.78. The molecule has 3 fully saturated rings. The van der Waals surface area contributed by atoms with Crippen molar-refractivity contribution in [3.63, 3.8) is 0 Å². The summed E-state index contributed by atoms with van der Waals surface area (Å²) in [6.07, 6.45) is -5.58. The van der Waals surface area contributed by atoms with Crippen molar-refractivity contribution in [3.8, 4) is 0 Å². The molecule has 0 spiro atoms. The Labute approximate surface area is 185 Å². The summed E-state index contributed by atoms with van der Waals surface area (Å²) in [5.74, 6) is -2.76. The van der Waals surface area contributed by atoms with Crippen molar-refractivity contribution in [2.24, 2.45) is 0 Å². The van der Waals surface area contributed by atoms with Crippen LogP contribution in [0.15, 0.2) is 0 Å². The standard InChI is InChI=1S/C14H24N2O7.2ClH.5H2O/c1-5-4-6(17)14(20)13(21-5)22-12-10(19)7(15-2)9(18)8(16-3)11(12)23-14;;;;;;;/h5,7-13,15-16,18-20H,4H2,1-3H3;2*1H;5*1H2. The third-order valence-electron chi connectivity index (χ3n) is 4.93. The van der Waals surface area contributed by atoms with Crippen LogP contribution in [0.4, 0.5) is 0 Å². The van der Waals surface area contributed by atoms with Gasteiger partial charge < -0.3 is 67.5 Å². The van der Waals surface area contributed by atoms with Gasteiger partial charge in [0.2, 0.25) is 6.29 Å². The molecular formula is C14H36Cl2N2O12. The van der Waals surface area contributed by atoms with Crippen molar-refractivity contribution in [1.82, 2.24) is 10.6 Å². The summed E-state index contributed by atoms with van der Waals surface area (Å²) < 4.78 is 16.8. The number of ether oxygens (including phenoxy) is 3. The number of fused-ring (bicyclic) bond motifs is 2. The highest BCUT2D eigenvalue weighted by atomic mass is 35.5. The average molecular weight is 495 g/mol. The van der Waals surface area contributed by atoms with Crippen molar-refractivity contribution in [2.45, 2.75) is 68.0 Å². The second-order valence-corrected chi connectivity index (χ2v) is 6.40. The summed E-state index contributed by atoms with van der Waals surface area (Å²) in [7, 11) is 3.24. The molecule has 188 valence electrons. The fourth-order valence-electron chi connectivity index (χ4n) is 3.68. The molecule has 9 unspecified atom stereocenters. The van der Waals surface area contributed by atoms with Gasteiger partial charge in [0.1, 0.15) is 18.3 Å². The summed E-state index contributed by atoms with van der Waals surface area (Å²) in [6, 6.07) is -1.29. The normalized spacial score (nSPS) is 41.1. The topological polar surface area (TPSA) is 287 Å². The number of carbonyl (C=O) groups excluding carboxylic acids is 1. The Morgan fingerprint density at radius 1 is 0.900 bits per heavy atom. The highest BCUT2D eigenvalue weighted by Crippen LogP contribution is 2.40. The summed E-state index contributed by atoms with van der Waals surface area (Å²) in [5, 5.41) is 37.2. The van der Waals surface area contributed by atoms with Gasteiger partial charge in [0.05, 0.1) is 24.3 Å². The Morgan fingerprint density at radius 2 is 1.40 bits per heavy atom. The van der Waals surface area contributed by atoms with Gasteiger partial charge in [-0.2, -0.15) is 0 Å². The molecule has 15 N–H and O–H groups in total. The number of halogens is 2. The Balaban J connectivity index is -0.000000298. The molecule has 0 radical (unpaired) electrons. The monoisotopic (exact) mass is 494 g/mol. The third-order valence-corrected chi connectivity index (χ3v) is 4.93. The molecule has 0 aromatic carbocycles. The highest BCUT2D eigenvalue weighted by molar-refractivity contribution is 5.87. The van der Waals surface area contributed by atoms with E-state index in [-0.39, 0.29) is 58.6 Å². The van der Waals surface area contributed by atoms with E-state index in [1.54, 1.807) is 21.0 Å². The number of ketones is 1. The summed E-state index contributed by atoms with van der Waals surface area (Å²) in [6.45, 7) is 1.70. The summed E-state index contributed by atoms with van der Waals surface area (Å²) >= 11 is 0. The molecule has 0 aromatic rings. The summed E-state index contributed by atoms with van der Waals surface area (Å²) in [5.41, 5.74) is 0. The first-order valence-corrected chi connectivity index (χ1v) is 7.78. The van der Waals surface area contributed by atoms with Crippen LogP contribution in [0.2, 0.25) is 0 Å². The van der Waals surface area contributed by atoms with Gasteiger partial charge in [-0.25, -0.2) is 0 Å². The van der Waals surface area contributed by atoms with Crippen molar-refractivity contribution in [1.29, 1.82) is 0 Å². The van der Waals surface area contributed by atoms with E-state index >= 15 is 0 Å². The molecule has 1 aliphatic carbocycles. The number of likely N-dealkylation sites (N-methyl/N-ethyl adjacent to an activating group) is 2. The molecule has 1 saturated carbocycles. The van der Waals surface area contributed by atoms with Crippen LogP contribution in [0, 0.1) is 0 Å². The maximum atomic E-state index is 12.2. The minimum atomic E-state index is -2.23. The van der Waals surface area contributed by atoms with Gasteiger partial charge in [0.25, 0.3) is 5.79 Å². The molecule has 14 nitrogen and oxygen atoms in total. The van der Waals surface area contributed by atoms with E-state index in [1.165, 1.54) is 0 Å². The zero-order valence-electron chi connectivity index (χ0n) is 16.6. The molecule has 3 rings (SSSR count). The Morgan fingerprint density at radius 3 is 1.87 bits per heavy atom. The molecule has 2 aliphatic heterocycles. The minimum Gasteiger partial charge on any atom is -0.412 e. The predicted octanol–water partition coefficient (Wildman–Crippen LogP) is -6.21. The minimum absolute atomic E-state index is 0. The first kappa shape index (κ1) is 40.1. The lowest BCUT2D eigenvalue weighted by atomic mass is 9.80. The third kappa shape index (κ3) is 6.16. The van der Waals surface area contributed by atoms with Crippen molar-refractivity contribution < 1.29 is 61.7 Å². The van der Waals surface area contributed by atoms with Crippen LogP contribution in [0.1, 0.15) is 13.3 Å². The molecule has 16 heteroatoms. The van der Waals surface area contributed by atoms with Crippen molar-refractivity contribution in [3.05, 3.63) is 0 Å². The number of hydrogen-bond donors (Lipinski definition) is 5. The fourth-order valence-corrected chi connectivity index (χ4v) is 3.68. The van der Waals surface area contributed by atoms with Crippen LogP contribution in [0.3, 0.4) is 0 Å². The lowest BCUT2D eigenvalue weighted by molar-refractivity contribution is -0.420. The number of hydrogen-bond acceptors (Lipinski definition) is 9. The van der Waals surface area contributed by atoms with Gasteiger partial charge in [-0.3, -0.25) is 4.79 Å². The number of aliphatic hydroxyl groups excluding tert-OH is 2. The molecule has 30 heavy (non-hydrogen) atoms. The molecule has 0 amide bonds. The van der Waals surface area contributed by atoms with Crippen LogP contribution in [-0.2, 0) is 19.0 Å². The quantitative estimate of drug-likeness (QED) is 0.243. The second-order valence-electron chi connectivity index (χ2n) is 6.40. The van der Waals surface area contributed by atoms with Gasteiger partial charge >= 0.3 is 0 Å². The maximum absolute atomic E-state index is 12.2. The molecular weight excluding hydrogens is 459 g/mol. The number of Topliss-reactive ketones (excluding diaryl/α,β-unsaturated/α-hetero) is 1. The second kappa shape index (κ2) is 14.7. The Hall–Kier alpha value is -0.270. The number of nitrogens with one attached hydrogen (secondary N) is 2. The van der Waals surface area contributed by atoms with Crippen LogP contribution < -0.4 is 10.6 Å². The Kier molecular flexibility index (Phi) is 19.7. The molecule has 0 aromatic heterocycles. The van der Waals surface area contributed by atoms with Crippen LogP contribution in [-0.4, -0.2) is 117 Å². The zero-order chi connectivity index (χ0) is 16.9. The highest BCUT2D eigenvalue weighted by Gasteiger charge is 2.63. The van der Waals surface area contributed by atoms with Gasteiger partial charge in [-0.15, -0.1) is 24.8 Å². The number of rotatable bonds is 2. The molecule has 3 aliphatic rings. The van der Waals surface area contributed by atoms with Crippen LogP contribution in [0.5, 0.6) is 0 Å². The fraction of sp³-hybridized carbons (Fsp3) is 0.929. The summed E-state index contributed by atoms with van der Waals surface area (Å²) in [4.78, 5) is 12.2. The van der Waals surface area contributed by atoms with E-state index in [9.17, 15) is 20.1 Å². The molecule has 2 saturated heterocycles. The van der Waals surface area contributed by atoms with E-state index in [0.29, 0.717) is 0 Å². The predicted molar refractivity (Wildman–Crippen MR) is 109 cm³/mol. The van der Waals surface area contributed by atoms with E-state index in [1.807, 2.05) is 0 Å². The van der Waals surface area contributed by atoms with E-state index in [2.05, 4.69) is 10.6 Å². The largest absolute Gasteiger partial charge is 0.412 e. The van der Waals surface area contributed by atoms with Crippen molar-refractivity contribution in [2.75, 3.05) is 14.1 Å². The van der Waals surface area contributed by atoms with Crippen LogP contribution >= 0.6 is 24.8 Å². The molecule has 9 atom stereocenters. The molecule has 0 bridgehead atoms. The smallest absolute Gasteiger partial charge is 0.280 e. The number of carbonyl (C=O) groups is 1. The van der Waals surface area contributed by atoms with Gasteiger partial charge in [-0.05, 0) is 21.0 Å². The van der Waals surface area contributed by atoms with E-state index in [4.69, 9.17) is 14.2 Å². The van der Waals surface area contributed by atoms with E-state index < -0.39 is 60.5 Å². The van der Waals surface area contributed by atoms with Crippen LogP contribution in [0.25, 0.3) is 0 Å². The Bertz CT molecular complexity index is 496.